The van der Waals surface area contributed by atoms with Gasteiger partial charge < -0.3 is 10.6 Å². The third-order valence-corrected chi connectivity index (χ3v) is 7.13. The van der Waals surface area contributed by atoms with E-state index in [1.165, 1.54) is 23.5 Å². The summed E-state index contributed by atoms with van der Waals surface area (Å²) in [6.07, 6.45) is 0.0723. The second-order valence-electron chi connectivity index (χ2n) is 8.85. The Balaban J connectivity index is 1.36. The number of hydrogen-bond donors (Lipinski definition) is 3. The average Bonchev–Trinajstić information content (AvgIpc) is 3.54. The molecule has 184 valence electrons. The van der Waals surface area contributed by atoms with Crippen LogP contribution in [0.15, 0.2) is 78.2 Å². The van der Waals surface area contributed by atoms with Crippen molar-refractivity contribution in [3.8, 4) is 10.6 Å². The Morgan fingerprint density at radius 2 is 1.86 bits per heavy atom. The number of carbonyl (C=O) groups excluding carboxylic acids is 2. The van der Waals surface area contributed by atoms with Gasteiger partial charge in [-0.15, -0.1) is 11.3 Å². The number of nitrogens with one attached hydrogen (secondary N) is 3. The zero-order valence-electron chi connectivity index (χ0n) is 19.6. The molecule has 9 heteroatoms. The molecule has 1 saturated heterocycles. The highest BCUT2D eigenvalue weighted by atomic mass is 32.1. The van der Waals surface area contributed by atoms with E-state index in [2.05, 4.69) is 16.0 Å². The average molecular weight is 504 g/mol. The van der Waals surface area contributed by atoms with Gasteiger partial charge in [-0.2, -0.15) is 5.10 Å². The third kappa shape index (κ3) is 5.37. The van der Waals surface area contributed by atoms with Crippen molar-refractivity contribution in [2.24, 2.45) is 5.92 Å². The summed E-state index contributed by atoms with van der Waals surface area (Å²) in [5.41, 5.74) is 2.48. The number of aromatic nitrogens is 2. The Bertz CT molecular complexity index is 1340. The Morgan fingerprint density at radius 1 is 1.08 bits per heavy atom. The van der Waals surface area contributed by atoms with E-state index >= 15 is 0 Å². The molecule has 1 fully saturated rings. The Kier molecular flexibility index (Phi) is 6.92. The fourth-order valence-corrected chi connectivity index (χ4v) is 5.03. The van der Waals surface area contributed by atoms with Gasteiger partial charge in [-0.3, -0.25) is 14.9 Å². The minimum Gasteiger partial charge on any atom is -0.322 e. The zero-order valence-corrected chi connectivity index (χ0v) is 20.5. The summed E-state index contributed by atoms with van der Waals surface area (Å²) >= 11 is 1.54. The Hall–Kier alpha value is -3.82. The van der Waals surface area contributed by atoms with Crippen molar-refractivity contribution in [2.75, 3.05) is 5.32 Å². The SMILES string of the molecule is CC1NC(n2nc(-c3cccs3)cc2NC(=O)Cc2ccc(F)cc2)NC(=O)C1Cc1ccccc1. The monoisotopic (exact) mass is 503 g/mol. The summed E-state index contributed by atoms with van der Waals surface area (Å²) in [6, 6.07) is 21.3. The molecule has 0 saturated carbocycles. The lowest BCUT2D eigenvalue weighted by Crippen LogP contribution is -2.58. The molecule has 2 aromatic heterocycles. The number of halogens is 1. The van der Waals surface area contributed by atoms with Gasteiger partial charge in [-0.05, 0) is 48.1 Å². The van der Waals surface area contributed by atoms with E-state index < -0.39 is 6.29 Å². The number of nitrogens with zero attached hydrogens (tertiary/aromatic N) is 2. The lowest BCUT2D eigenvalue weighted by Gasteiger charge is -2.36. The van der Waals surface area contributed by atoms with Crippen molar-refractivity contribution >= 4 is 29.0 Å². The number of thiophene rings is 1. The Morgan fingerprint density at radius 3 is 2.56 bits per heavy atom. The molecule has 3 heterocycles. The van der Waals surface area contributed by atoms with Gasteiger partial charge in [0.25, 0.3) is 0 Å². The fraction of sp³-hybridized carbons (Fsp3) is 0.222. The molecule has 3 atom stereocenters. The van der Waals surface area contributed by atoms with Crippen LogP contribution in [0.1, 0.15) is 24.3 Å². The minimum atomic E-state index is -0.630. The van der Waals surface area contributed by atoms with Crippen molar-refractivity contribution in [3.05, 3.63) is 95.1 Å². The second-order valence-corrected chi connectivity index (χ2v) is 9.80. The van der Waals surface area contributed by atoms with E-state index in [0.717, 1.165) is 10.4 Å². The summed E-state index contributed by atoms with van der Waals surface area (Å²) in [5.74, 6) is -0.481. The molecule has 4 aromatic rings. The fourth-order valence-electron chi connectivity index (χ4n) is 4.35. The number of carbonyl (C=O) groups is 2. The van der Waals surface area contributed by atoms with Crippen LogP contribution in [0.2, 0.25) is 0 Å². The first-order valence-electron chi connectivity index (χ1n) is 11.7. The minimum absolute atomic E-state index is 0.0770. The standard InChI is InChI=1S/C27H26FN5O2S/c1-17-21(14-18-6-3-2-4-7-18)26(35)31-27(29-17)33-24(16-22(32-33)23-8-5-13-36-23)30-25(34)15-19-9-11-20(28)12-10-19/h2-13,16-17,21,27,29H,14-15H2,1H3,(H,30,34)(H,31,35). The van der Waals surface area contributed by atoms with Crippen molar-refractivity contribution < 1.29 is 14.0 Å². The molecule has 0 radical (unpaired) electrons. The van der Waals surface area contributed by atoms with Gasteiger partial charge in [-0.1, -0.05) is 48.5 Å². The van der Waals surface area contributed by atoms with Crippen LogP contribution in [0.5, 0.6) is 0 Å². The maximum atomic E-state index is 13.2. The topological polar surface area (TPSA) is 88.1 Å². The van der Waals surface area contributed by atoms with Gasteiger partial charge in [0.05, 0.1) is 17.2 Å². The highest BCUT2D eigenvalue weighted by molar-refractivity contribution is 7.13. The van der Waals surface area contributed by atoms with E-state index in [9.17, 15) is 14.0 Å². The van der Waals surface area contributed by atoms with Crippen LogP contribution in [0.4, 0.5) is 10.2 Å². The maximum Gasteiger partial charge on any atom is 0.229 e. The normalized spacial score (nSPS) is 19.6. The lowest BCUT2D eigenvalue weighted by atomic mass is 9.91. The van der Waals surface area contributed by atoms with Gasteiger partial charge in [0, 0.05) is 12.1 Å². The number of hydrogen-bond acceptors (Lipinski definition) is 5. The molecule has 3 unspecified atom stereocenters. The predicted molar refractivity (Wildman–Crippen MR) is 138 cm³/mol. The summed E-state index contributed by atoms with van der Waals surface area (Å²) in [6.45, 7) is 1.98. The lowest BCUT2D eigenvalue weighted by molar-refractivity contribution is -0.130. The molecule has 36 heavy (non-hydrogen) atoms. The van der Waals surface area contributed by atoms with E-state index in [1.54, 1.807) is 22.9 Å². The van der Waals surface area contributed by atoms with E-state index in [4.69, 9.17) is 5.10 Å². The highest BCUT2D eigenvalue weighted by Crippen LogP contribution is 2.29. The summed E-state index contributed by atoms with van der Waals surface area (Å²) in [5, 5.41) is 16.0. The van der Waals surface area contributed by atoms with Crippen LogP contribution in [0.25, 0.3) is 10.6 Å². The molecule has 0 spiro atoms. The molecule has 5 rings (SSSR count). The first-order valence-corrected chi connectivity index (χ1v) is 12.6. The number of rotatable bonds is 7. The van der Waals surface area contributed by atoms with Crippen LogP contribution < -0.4 is 16.0 Å². The summed E-state index contributed by atoms with van der Waals surface area (Å²) in [7, 11) is 0. The molecule has 3 N–H and O–H groups in total. The molecule has 7 nitrogen and oxygen atoms in total. The summed E-state index contributed by atoms with van der Waals surface area (Å²) in [4.78, 5) is 26.9. The van der Waals surface area contributed by atoms with Gasteiger partial charge in [0.1, 0.15) is 17.3 Å². The molecular formula is C27H26FN5O2S. The van der Waals surface area contributed by atoms with Crippen molar-refractivity contribution in [1.82, 2.24) is 20.4 Å². The first kappa shape index (κ1) is 23.9. The van der Waals surface area contributed by atoms with E-state index in [0.29, 0.717) is 23.5 Å². The van der Waals surface area contributed by atoms with Crippen LogP contribution in [0, 0.1) is 11.7 Å². The van der Waals surface area contributed by atoms with Crippen molar-refractivity contribution in [3.63, 3.8) is 0 Å². The van der Waals surface area contributed by atoms with Crippen molar-refractivity contribution in [1.29, 1.82) is 0 Å². The molecule has 2 amide bonds. The zero-order chi connectivity index (χ0) is 25.1. The quantitative estimate of drug-likeness (QED) is 0.350. The van der Waals surface area contributed by atoms with Crippen LogP contribution in [-0.4, -0.2) is 27.6 Å². The highest BCUT2D eigenvalue weighted by Gasteiger charge is 2.35. The van der Waals surface area contributed by atoms with E-state index in [-0.39, 0.29) is 36.0 Å². The number of anilines is 1. The molecule has 0 bridgehead atoms. The second kappa shape index (κ2) is 10.4. The van der Waals surface area contributed by atoms with Gasteiger partial charge in [0.2, 0.25) is 11.8 Å². The van der Waals surface area contributed by atoms with Gasteiger partial charge in [-0.25, -0.2) is 9.07 Å². The largest absolute Gasteiger partial charge is 0.322 e. The van der Waals surface area contributed by atoms with Gasteiger partial charge >= 0.3 is 0 Å². The smallest absolute Gasteiger partial charge is 0.229 e. The molecular weight excluding hydrogens is 477 g/mol. The molecule has 2 aromatic carbocycles. The van der Waals surface area contributed by atoms with Crippen molar-refractivity contribution in [2.45, 2.75) is 32.1 Å². The van der Waals surface area contributed by atoms with Crippen LogP contribution >= 0.6 is 11.3 Å². The van der Waals surface area contributed by atoms with Gasteiger partial charge in [0.15, 0.2) is 6.29 Å². The summed E-state index contributed by atoms with van der Waals surface area (Å²) < 4.78 is 14.8. The van der Waals surface area contributed by atoms with Crippen LogP contribution in [-0.2, 0) is 22.4 Å². The number of benzene rings is 2. The molecule has 1 aliphatic heterocycles. The van der Waals surface area contributed by atoms with E-state index in [1.807, 2.05) is 54.8 Å². The Labute approximate surface area is 212 Å². The first-order chi connectivity index (χ1) is 17.5. The maximum absolute atomic E-state index is 13.2. The van der Waals surface area contributed by atoms with Crippen LogP contribution in [0.3, 0.4) is 0 Å². The number of amides is 2. The molecule has 0 aliphatic carbocycles. The third-order valence-electron chi connectivity index (χ3n) is 6.24. The molecule has 1 aliphatic rings. The predicted octanol–water partition coefficient (Wildman–Crippen LogP) is 4.35.